The van der Waals surface area contributed by atoms with Crippen LogP contribution < -0.4 is 10.2 Å². The minimum Gasteiger partial charge on any atom is -0.354 e. The predicted molar refractivity (Wildman–Crippen MR) is 80.0 cm³/mol. The third-order valence-electron chi connectivity index (χ3n) is 3.26. The smallest absolute Gasteiger partial charge is 0.226 e. The van der Waals surface area contributed by atoms with Crippen LogP contribution in [0.15, 0.2) is 6.20 Å². The number of nitrogens with zero attached hydrogens (tertiary/aromatic N) is 4. The Kier molecular flexibility index (Phi) is 3.46. The van der Waals surface area contributed by atoms with Crippen LogP contribution in [0.3, 0.4) is 0 Å². The second-order valence-electron chi connectivity index (χ2n) is 4.65. The SMILES string of the molecule is CCNc1nc(N2CCSCC2C)c2cn[nH]c2n1. The number of hydrogen-bond acceptors (Lipinski definition) is 6. The molecular formula is C12H18N6S. The lowest BCUT2D eigenvalue weighted by Gasteiger charge is -2.34. The number of rotatable bonds is 3. The number of anilines is 2. The summed E-state index contributed by atoms with van der Waals surface area (Å²) in [6.07, 6.45) is 1.81. The number of hydrogen-bond donors (Lipinski definition) is 2. The number of fused-ring (bicyclic) bond motifs is 1. The van der Waals surface area contributed by atoms with Crippen LogP contribution in [0.1, 0.15) is 13.8 Å². The standard InChI is InChI=1S/C12H18N6S/c1-3-13-12-15-10-9(6-14-17-10)11(16-12)18-4-5-19-7-8(18)2/h6,8H,3-5,7H2,1-2H3,(H2,13,14,15,16,17). The Morgan fingerprint density at radius 3 is 3.21 bits per heavy atom. The van der Waals surface area contributed by atoms with Crippen LogP contribution in [0.5, 0.6) is 0 Å². The summed E-state index contributed by atoms with van der Waals surface area (Å²) >= 11 is 2.00. The topological polar surface area (TPSA) is 69.7 Å². The van der Waals surface area contributed by atoms with Crippen molar-refractivity contribution < 1.29 is 0 Å². The van der Waals surface area contributed by atoms with Crippen molar-refractivity contribution in [1.82, 2.24) is 20.2 Å². The van der Waals surface area contributed by atoms with E-state index in [1.54, 1.807) is 0 Å². The molecule has 1 unspecified atom stereocenters. The van der Waals surface area contributed by atoms with Gasteiger partial charge < -0.3 is 10.2 Å². The molecule has 0 spiro atoms. The fourth-order valence-electron chi connectivity index (χ4n) is 2.32. The summed E-state index contributed by atoms with van der Waals surface area (Å²) in [7, 11) is 0. The number of thioether (sulfide) groups is 1. The molecule has 3 rings (SSSR count). The van der Waals surface area contributed by atoms with Crippen LogP contribution in [-0.2, 0) is 0 Å². The van der Waals surface area contributed by atoms with E-state index in [-0.39, 0.29) is 0 Å². The van der Waals surface area contributed by atoms with E-state index in [0.29, 0.717) is 12.0 Å². The summed E-state index contributed by atoms with van der Waals surface area (Å²) in [6, 6.07) is 0.487. The van der Waals surface area contributed by atoms with Gasteiger partial charge >= 0.3 is 0 Å². The molecule has 2 aromatic rings. The highest BCUT2D eigenvalue weighted by molar-refractivity contribution is 7.99. The van der Waals surface area contributed by atoms with E-state index < -0.39 is 0 Å². The maximum atomic E-state index is 4.67. The fraction of sp³-hybridized carbons (Fsp3) is 0.583. The first-order valence-electron chi connectivity index (χ1n) is 6.59. The second kappa shape index (κ2) is 5.24. The molecule has 7 heteroatoms. The summed E-state index contributed by atoms with van der Waals surface area (Å²) in [5.41, 5.74) is 0.798. The maximum Gasteiger partial charge on any atom is 0.226 e. The Morgan fingerprint density at radius 2 is 2.42 bits per heavy atom. The first-order valence-corrected chi connectivity index (χ1v) is 7.74. The van der Waals surface area contributed by atoms with Gasteiger partial charge in [-0.3, -0.25) is 5.10 Å². The molecule has 1 saturated heterocycles. The molecule has 102 valence electrons. The third kappa shape index (κ3) is 2.34. The van der Waals surface area contributed by atoms with Crippen molar-refractivity contribution in [2.45, 2.75) is 19.9 Å². The third-order valence-corrected chi connectivity index (χ3v) is 4.45. The molecule has 6 nitrogen and oxygen atoms in total. The van der Waals surface area contributed by atoms with Gasteiger partial charge in [0.2, 0.25) is 5.95 Å². The molecule has 19 heavy (non-hydrogen) atoms. The Morgan fingerprint density at radius 1 is 1.53 bits per heavy atom. The molecule has 0 bridgehead atoms. The van der Waals surface area contributed by atoms with Gasteiger partial charge in [0.15, 0.2) is 5.65 Å². The van der Waals surface area contributed by atoms with Crippen molar-refractivity contribution in [2.75, 3.05) is 34.8 Å². The van der Waals surface area contributed by atoms with Gasteiger partial charge in [0, 0.05) is 30.6 Å². The van der Waals surface area contributed by atoms with Gasteiger partial charge in [-0.25, -0.2) is 0 Å². The zero-order valence-electron chi connectivity index (χ0n) is 11.2. The van der Waals surface area contributed by atoms with Crippen molar-refractivity contribution in [3.05, 3.63) is 6.20 Å². The van der Waals surface area contributed by atoms with Gasteiger partial charge in [-0.15, -0.1) is 0 Å². The maximum absolute atomic E-state index is 4.67. The van der Waals surface area contributed by atoms with Crippen LogP contribution in [0.2, 0.25) is 0 Å². The van der Waals surface area contributed by atoms with Crippen LogP contribution in [0.25, 0.3) is 11.0 Å². The first-order chi connectivity index (χ1) is 9.29. The molecule has 3 heterocycles. The highest BCUT2D eigenvalue weighted by Gasteiger charge is 2.23. The van der Waals surface area contributed by atoms with E-state index in [2.05, 4.69) is 37.3 Å². The van der Waals surface area contributed by atoms with Crippen LogP contribution in [0, 0.1) is 0 Å². The number of nitrogens with one attached hydrogen (secondary N) is 2. The molecular weight excluding hydrogens is 260 g/mol. The quantitative estimate of drug-likeness (QED) is 0.891. The van der Waals surface area contributed by atoms with Gasteiger partial charge in [-0.05, 0) is 13.8 Å². The lowest BCUT2D eigenvalue weighted by molar-refractivity contribution is 0.692. The van der Waals surface area contributed by atoms with Crippen LogP contribution >= 0.6 is 11.8 Å². The fourth-order valence-corrected chi connectivity index (χ4v) is 3.33. The molecule has 1 fully saturated rings. The van der Waals surface area contributed by atoms with Crippen molar-refractivity contribution in [3.8, 4) is 0 Å². The lowest BCUT2D eigenvalue weighted by atomic mass is 10.2. The van der Waals surface area contributed by atoms with Crippen molar-refractivity contribution in [2.24, 2.45) is 0 Å². The molecule has 0 amide bonds. The van der Waals surface area contributed by atoms with E-state index in [1.165, 1.54) is 0 Å². The molecule has 0 radical (unpaired) electrons. The average molecular weight is 278 g/mol. The van der Waals surface area contributed by atoms with Gasteiger partial charge in [0.25, 0.3) is 0 Å². The van der Waals surface area contributed by atoms with Gasteiger partial charge in [0.05, 0.1) is 11.6 Å². The molecule has 0 aromatic carbocycles. The van der Waals surface area contributed by atoms with Crippen molar-refractivity contribution in [3.63, 3.8) is 0 Å². The predicted octanol–water partition coefficient (Wildman–Crippen LogP) is 1.73. The van der Waals surface area contributed by atoms with Crippen molar-refractivity contribution >= 4 is 34.6 Å². The highest BCUT2D eigenvalue weighted by Crippen LogP contribution is 2.28. The Balaban J connectivity index is 2.06. The summed E-state index contributed by atoms with van der Waals surface area (Å²) < 4.78 is 0. The van der Waals surface area contributed by atoms with E-state index >= 15 is 0 Å². The molecule has 1 aliphatic heterocycles. The number of aromatic nitrogens is 4. The Hall–Kier alpha value is -1.50. The molecule has 0 aliphatic carbocycles. The highest BCUT2D eigenvalue weighted by atomic mass is 32.2. The monoisotopic (exact) mass is 278 g/mol. The molecule has 2 N–H and O–H groups in total. The second-order valence-corrected chi connectivity index (χ2v) is 5.80. The summed E-state index contributed by atoms with van der Waals surface area (Å²) in [4.78, 5) is 11.5. The zero-order valence-corrected chi connectivity index (χ0v) is 12.0. The molecule has 0 saturated carbocycles. The Labute approximate surface area is 116 Å². The summed E-state index contributed by atoms with van der Waals surface area (Å²) in [5.74, 6) is 3.94. The largest absolute Gasteiger partial charge is 0.354 e. The molecule has 1 aliphatic rings. The minimum absolute atomic E-state index is 0.487. The molecule has 2 aromatic heterocycles. The first kappa shape index (κ1) is 12.5. The van der Waals surface area contributed by atoms with Gasteiger partial charge in [0.1, 0.15) is 5.82 Å². The lowest BCUT2D eigenvalue weighted by Crippen LogP contribution is -2.41. The van der Waals surface area contributed by atoms with E-state index in [1.807, 2.05) is 24.9 Å². The van der Waals surface area contributed by atoms with Gasteiger partial charge in [-0.1, -0.05) is 0 Å². The number of H-pyrrole nitrogens is 1. The van der Waals surface area contributed by atoms with Crippen molar-refractivity contribution in [1.29, 1.82) is 0 Å². The van der Waals surface area contributed by atoms with E-state index in [0.717, 1.165) is 41.4 Å². The number of aromatic amines is 1. The summed E-state index contributed by atoms with van der Waals surface area (Å²) in [6.45, 7) is 6.12. The Bertz CT molecular complexity index is 568. The van der Waals surface area contributed by atoms with Gasteiger partial charge in [-0.2, -0.15) is 26.8 Å². The van der Waals surface area contributed by atoms with E-state index in [9.17, 15) is 0 Å². The van der Waals surface area contributed by atoms with Crippen LogP contribution in [-0.4, -0.2) is 50.8 Å². The average Bonchev–Trinajstić information content (AvgIpc) is 2.87. The summed E-state index contributed by atoms with van der Waals surface area (Å²) in [5, 5.41) is 11.2. The van der Waals surface area contributed by atoms with E-state index in [4.69, 9.17) is 0 Å². The molecule has 1 atom stereocenters. The van der Waals surface area contributed by atoms with Crippen LogP contribution in [0.4, 0.5) is 11.8 Å². The zero-order chi connectivity index (χ0) is 13.2. The normalized spacial score (nSPS) is 19.9. The minimum atomic E-state index is 0.487.